The second-order valence-electron chi connectivity index (χ2n) is 12.1. The molecule has 260 valence electrons. The fraction of sp³-hybridized carbons (Fsp3) is 0.378. The Morgan fingerprint density at radius 2 is 1.57 bits per heavy atom. The van der Waals surface area contributed by atoms with Crippen LogP contribution in [-0.4, -0.2) is 93.6 Å². The molecule has 0 unspecified atom stereocenters. The number of ether oxygens (including phenoxy) is 5. The van der Waals surface area contributed by atoms with Crippen molar-refractivity contribution in [3.8, 4) is 28.7 Å². The van der Waals surface area contributed by atoms with Crippen LogP contribution in [0.15, 0.2) is 60.8 Å². The number of anilines is 3. The maximum Gasteiger partial charge on any atom is 0.421 e. The summed E-state index contributed by atoms with van der Waals surface area (Å²) in [6, 6.07) is 16.6. The molecule has 0 spiro atoms. The highest BCUT2D eigenvalue weighted by Crippen LogP contribution is 2.33. The van der Waals surface area contributed by atoms with E-state index in [4.69, 9.17) is 28.7 Å². The number of amides is 1. The summed E-state index contributed by atoms with van der Waals surface area (Å²) in [6.07, 6.45) is 0.979. The fourth-order valence-corrected chi connectivity index (χ4v) is 5.79. The molecule has 0 aliphatic carbocycles. The van der Waals surface area contributed by atoms with Crippen LogP contribution in [0.25, 0.3) is 0 Å². The van der Waals surface area contributed by atoms with E-state index < -0.39 is 6.09 Å². The lowest BCUT2D eigenvalue weighted by atomic mass is 10.1. The summed E-state index contributed by atoms with van der Waals surface area (Å²) >= 11 is 0. The summed E-state index contributed by atoms with van der Waals surface area (Å²) in [4.78, 5) is 29.3. The van der Waals surface area contributed by atoms with E-state index in [0.717, 1.165) is 49.4 Å². The normalized spacial score (nSPS) is 13.4. The molecule has 0 bridgehead atoms. The van der Waals surface area contributed by atoms with E-state index in [0.29, 0.717) is 52.4 Å². The quantitative estimate of drug-likeness (QED) is 0.181. The van der Waals surface area contributed by atoms with E-state index in [1.807, 2.05) is 57.2 Å². The average Bonchev–Trinajstić information content (AvgIpc) is 3.10. The van der Waals surface area contributed by atoms with Gasteiger partial charge in [-0.2, -0.15) is 4.98 Å². The van der Waals surface area contributed by atoms with Crippen LogP contribution in [-0.2, 0) is 6.54 Å². The number of carbonyl (C=O) groups excluding carboxylic acids is 1. The Bertz CT molecular complexity index is 1720. The Morgan fingerprint density at radius 3 is 2.27 bits per heavy atom. The summed E-state index contributed by atoms with van der Waals surface area (Å²) in [5, 5.41) is 3.24. The number of carbonyl (C=O) groups is 1. The van der Waals surface area contributed by atoms with Crippen molar-refractivity contribution >= 4 is 23.5 Å². The zero-order valence-corrected chi connectivity index (χ0v) is 29.4. The smallest absolute Gasteiger partial charge is 0.421 e. The number of aryl methyl sites for hydroxylation is 3. The van der Waals surface area contributed by atoms with Crippen LogP contribution in [0.5, 0.6) is 28.7 Å². The number of aromatic nitrogens is 2. The fourth-order valence-electron chi connectivity index (χ4n) is 5.79. The topological polar surface area (TPSA) is 111 Å². The molecule has 12 heteroatoms. The lowest BCUT2D eigenvalue weighted by Gasteiger charge is -2.32. The maximum atomic E-state index is 14.0. The van der Waals surface area contributed by atoms with Gasteiger partial charge in [0.05, 0.1) is 27.9 Å². The largest absolute Gasteiger partial charge is 0.497 e. The third kappa shape index (κ3) is 9.09. The standard InChI is InChI=1S/C37H46N6O6/c1-25-20-26(2)35(27(3)21-25)49-37(44)43(24-28-22-30(45-5)9-11-31(28)46-6)34-12-13-38-36(40-34)39-29-8-10-32(33(23-29)47-7)48-19-18-42-16-14-41(4)15-17-42/h8-13,20-23H,14-19,24H2,1-7H3,(H,38,39,40). The Kier molecular flexibility index (Phi) is 11.8. The molecule has 3 aromatic carbocycles. The second-order valence-corrected chi connectivity index (χ2v) is 12.1. The van der Waals surface area contributed by atoms with Gasteiger partial charge >= 0.3 is 6.09 Å². The van der Waals surface area contributed by atoms with Crippen molar-refractivity contribution in [3.05, 3.63) is 83.0 Å². The van der Waals surface area contributed by atoms with Crippen LogP contribution in [0.3, 0.4) is 0 Å². The highest BCUT2D eigenvalue weighted by molar-refractivity contribution is 5.88. The van der Waals surface area contributed by atoms with Gasteiger partial charge in [0, 0.05) is 56.2 Å². The van der Waals surface area contributed by atoms with E-state index in [-0.39, 0.29) is 12.5 Å². The van der Waals surface area contributed by atoms with Crippen molar-refractivity contribution in [2.75, 3.05) is 77.9 Å². The molecule has 1 aliphatic heterocycles. The number of methoxy groups -OCH3 is 3. The highest BCUT2D eigenvalue weighted by Gasteiger charge is 2.24. The zero-order valence-electron chi connectivity index (χ0n) is 29.4. The molecule has 49 heavy (non-hydrogen) atoms. The molecule has 1 aromatic heterocycles. The van der Waals surface area contributed by atoms with Gasteiger partial charge in [0.1, 0.15) is 29.7 Å². The van der Waals surface area contributed by atoms with E-state index in [9.17, 15) is 4.79 Å². The SMILES string of the molecule is COc1ccc(OC)c(CN(C(=O)Oc2c(C)cc(C)cc2C)c2ccnc(Nc3ccc(OCCN4CCN(C)CC4)c(OC)c3)n2)c1. The van der Waals surface area contributed by atoms with Crippen molar-refractivity contribution in [3.63, 3.8) is 0 Å². The molecule has 5 rings (SSSR count). The highest BCUT2D eigenvalue weighted by atomic mass is 16.6. The first kappa shape index (κ1) is 35.2. The lowest BCUT2D eigenvalue weighted by molar-refractivity contribution is 0.133. The van der Waals surface area contributed by atoms with Gasteiger partial charge in [0.25, 0.3) is 0 Å². The Morgan fingerprint density at radius 1 is 0.857 bits per heavy atom. The lowest BCUT2D eigenvalue weighted by Crippen LogP contribution is -2.45. The Labute approximate surface area is 288 Å². The van der Waals surface area contributed by atoms with Crippen molar-refractivity contribution < 1.29 is 28.5 Å². The molecule has 0 atom stereocenters. The summed E-state index contributed by atoms with van der Waals surface area (Å²) in [5.74, 6) is 3.56. The minimum Gasteiger partial charge on any atom is -0.497 e. The van der Waals surface area contributed by atoms with Crippen LogP contribution in [0.2, 0.25) is 0 Å². The average molecular weight is 671 g/mol. The molecule has 1 fully saturated rings. The van der Waals surface area contributed by atoms with Gasteiger partial charge in [-0.05, 0) is 75.3 Å². The number of likely N-dealkylation sites (N-methyl/N-ethyl adjacent to an activating group) is 1. The Balaban J connectivity index is 1.37. The molecular weight excluding hydrogens is 624 g/mol. The van der Waals surface area contributed by atoms with Gasteiger partial charge in [0.2, 0.25) is 5.95 Å². The van der Waals surface area contributed by atoms with Crippen molar-refractivity contribution in [2.45, 2.75) is 27.3 Å². The van der Waals surface area contributed by atoms with E-state index >= 15 is 0 Å². The van der Waals surface area contributed by atoms with Gasteiger partial charge < -0.3 is 33.9 Å². The molecule has 1 saturated heterocycles. The zero-order chi connectivity index (χ0) is 34.9. The van der Waals surface area contributed by atoms with Crippen LogP contribution in [0.4, 0.5) is 22.2 Å². The summed E-state index contributed by atoms with van der Waals surface area (Å²) in [7, 11) is 6.92. The predicted octanol–water partition coefficient (Wildman–Crippen LogP) is 6.00. The third-order valence-corrected chi connectivity index (χ3v) is 8.43. The second kappa shape index (κ2) is 16.4. The van der Waals surface area contributed by atoms with Crippen LogP contribution < -0.4 is 33.9 Å². The summed E-state index contributed by atoms with van der Waals surface area (Å²) in [5.41, 5.74) is 4.19. The first-order valence-corrected chi connectivity index (χ1v) is 16.3. The van der Waals surface area contributed by atoms with Crippen molar-refractivity contribution in [1.82, 2.24) is 19.8 Å². The number of nitrogens with one attached hydrogen (secondary N) is 1. The number of rotatable bonds is 13. The van der Waals surface area contributed by atoms with Gasteiger partial charge in [0.15, 0.2) is 11.5 Å². The molecule has 4 aromatic rings. The van der Waals surface area contributed by atoms with Crippen LogP contribution in [0.1, 0.15) is 22.3 Å². The molecule has 0 radical (unpaired) electrons. The molecule has 1 N–H and O–H groups in total. The number of hydrogen-bond donors (Lipinski definition) is 1. The number of nitrogens with zero attached hydrogens (tertiary/aromatic N) is 5. The predicted molar refractivity (Wildman–Crippen MR) is 190 cm³/mol. The number of hydrogen-bond acceptors (Lipinski definition) is 11. The van der Waals surface area contributed by atoms with Gasteiger partial charge in [-0.15, -0.1) is 0 Å². The molecule has 2 heterocycles. The minimum atomic E-state index is -0.607. The first-order valence-electron chi connectivity index (χ1n) is 16.3. The van der Waals surface area contributed by atoms with Crippen molar-refractivity contribution in [1.29, 1.82) is 0 Å². The van der Waals surface area contributed by atoms with Crippen LogP contribution >= 0.6 is 0 Å². The first-order chi connectivity index (χ1) is 23.7. The van der Waals surface area contributed by atoms with E-state index in [1.165, 1.54) is 4.90 Å². The van der Waals surface area contributed by atoms with Crippen molar-refractivity contribution in [2.24, 2.45) is 0 Å². The molecular formula is C37H46N6O6. The van der Waals surface area contributed by atoms with E-state index in [1.54, 1.807) is 45.7 Å². The number of piperazine rings is 1. The van der Waals surface area contributed by atoms with Gasteiger partial charge in [-0.25, -0.2) is 9.78 Å². The number of benzene rings is 3. The van der Waals surface area contributed by atoms with Gasteiger partial charge in [-0.3, -0.25) is 9.80 Å². The Hall–Kier alpha value is -5.07. The monoisotopic (exact) mass is 670 g/mol. The summed E-state index contributed by atoms with van der Waals surface area (Å²) in [6.45, 7) is 11.5. The summed E-state index contributed by atoms with van der Waals surface area (Å²) < 4.78 is 28.8. The third-order valence-electron chi connectivity index (χ3n) is 8.43. The van der Waals surface area contributed by atoms with Crippen LogP contribution in [0, 0.1) is 20.8 Å². The maximum absolute atomic E-state index is 14.0. The molecule has 12 nitrogen and oxygen atoms in total. The minimum absolute atomic E-state index is 0.0909. The molecule has 0 saturated carbocycles. The molecule has 1 amide bonds. The van der Waals surface area contributed by atoms with E-state index in [2.05, 4.69) is 27.1 Å². The van der Waals surface area contributed by atoms with Gasteiger partial charge in [-0.1, -0.05) is 17.7 Å². The molecule has 1 aliphatic rings.